The number of hydrogen-bond acceptors (Lipinski definition) is 8. The highest BCUT2D eigenvalue weighted by Crippen LogP contribution is 2.19. The summed E-state index contributed by atoms with van der Waals surface area (Å²) in [7, 11) is 3.25. The van der Waals surface area contributed by atoms with Gasteiger partial charge in [0.05, 0.1) is 38.2 Å². The fourth-order valence-corrected chi connectivity index (χ4v) is 3.05. The topological polar surface area (TPSA) is 123 Å². The lowest BCUT2D eigenvalue weighted by atomic mass is 10.2. The molecule has 12 heteroatoms. The summed E-state index contributed by atoms with van der Waals surface area (Å²) in [5, 5.41) is 31.6. The first-order valence-corrected chi connectivity index (χ1v) is 10.1. The van der Waals surface area contributed by atoms with E-state index in [4.69, 9.17) is 16.4 Å². The molecule has 0 radical (unpaired) electrons. The highest BCUT2D eigenvalue weighted by molar-refractivity contribution is 6.30. The smallest absolute Gasteiger partial charge is 0.251 e. The Morgan fingerprint density at radius 2 is 2.10 bits per heavy atom. The van der Waals surface area contributed by atoms with E-state index in [0.717, 1.165) is 5.56 Å². The molecular formula is C19H25ClN8O3. The van der Waals surface area contributed by atoms with Crippen molar-refractivity contribution in [2.75, 3.05) is 26.0 Å². The molecule has 2 atom stereocenters. The summed E-state index contributed by atoms with van der Waals surface area (Å²) in [6.07, 6.45) is 2.96. The van der Waals surface area contributed by atoms with Crippen molar-refractivity contribution in [2.45, 2.75) is 32.0 Å². The van der Waals surface area contributed by atoms with Gasteiger partial charge in [0.2, 0.25) is 5.82 Å². The molecule has 0 aliphatic heterocycles. The Hall–Kier alpha value is -2.86. The van der Waals surface area contributed by atoms with Crippen LogP contribution in [-0.4, -0.2) is 72.9 Å². The van der Waals surface area contributed by atoms with Crippen LogP contribution in [0.15, 0.2) is 36.7 Å². The fraction of sp³-hybridized carbons (Fsp3) is 0.421. The number of benzene rings is 1. The first-order valence-electron chi connectivity index (χ1n) is 9.71. The number of hydrogen-bond donors (Lipinski definition) is 2. The number of aromatic nitrogens is 6. The van der Waals surface area contributed by atoms with E-state index in [0.29, 0.717) is 29.5 Å². The molecule has 0 aliphatic rings. The van der Waals surface area contributed by atoms with Gasteiger partial charge in [-0.1, -0.05) is 18.5 Å². The van der Waals surface area contributed by atoms with Crippen molar-refractivity contribution in [3.8, 4) is 11.4 Å². The van der Waals surface area contributed by atoms with E-state index in [2.05, 4.69) is 25.8 Å². The molecule has 0 saturated heterocycles. The van der Waals surface area contributed by atoms with Crippen LogP contribution in [0, 0.1) is 0 Å². The summed E-state index contributed by atoms with van der Waals surface area (Å²) in [4.78, 5) is 19.1. The van der Waals surface area contributed by atoms with Crippen molar-refractivity contribution >= 4 is 23.2 Å². The first-order chi connectivity index (χ1) is 14.9. The van der Waals surface area contributed by atoms with Crippen LogP contribution in [-0.2, 0) is 16.2 Å². The van der Waals surface area contributed by atoms with Crippen LogP contribution in [0.1, 0.15) is 19.4 Å². The average Bonchev–Trinajstić information content (AvgIpc) is 3.39. The summed E-state index contributed by atoms with van der Waals surface area (Å²) in [6, 6.07) is 6.42. The number of carbonyl (C=O) groups is 1. The number of hydroxylamine groups is 2. The molecule has 2 heterocycles. The summed E-state index contributed by atoms with van der Waals surface area (Å²) < 4.78 is 1.55. The number of aliphatic hydroxyl groups is 1. The minimum Gasteiger partial charge on any atom is -0.390 e. The molecule has 0 spiro atoms. The molecule has 1 aromatic carbocycles. The third kappa shape index (κ3) is 6.07. The molecule has 2 aromatic heterocycles. The summed E-state index contributed by atoms with van der Waals surface area (Å²) >= 11 is 5.91. The summed E-state index contributed by atoms with van der Waals surface area (Å²) in [5.41, 5.74) is 1.26. The predicted molar refractivity (Wildman–Crippen MR) is 114 cm³/mol. The monoisotopic (exact) mass is 448 g/mol. The normalized spacial score (nSPS) is 13.4. The largest absolute Gasteiger partial charge is 0.390 e. The second-order valence-corrected chi connectivity index (χ2v) is 7.39. The van der Waals surface area contributed by atoms with E-state index in [1.54, 1.807) is 42.2 Å². The van der Waals surface area contributed by atoms with E-state index in [-0.39, 0.29) is 12.5 Å². The van der Waals surface area contributed by atoms with Gasteiger partial charge in [-0.25, -0.2) is 0 Å². The molecule has 3 aromatic rings. The minimum absolute atomic E-state index is 0.260. The van der Waals surface area contributed by atoms with Crippen molar-refractivity contribution in [1.82, 2.24) is 35.1 Å². The lowest BCUT2D eigenvalue weighted by Crippen LogP contribution is -2.31. The van der Waals surface area contributed by atoms with Crippen molar-refractivity contribution in [1.29, 1.82) is 0 Å². The van der Waals surface area contributed by atoms with Crippen molar-refractivity contribution in [3.05, 3.63) is 41.7 Å². The molecule has 2 N–H and O–H groups in total. The number of rotatable bonds is 10. The van der Waals surface area contributed by atoms with Gasteiger partial charge in [0.1, 0.15) is 0 Å². The maximum absolute atomic E-state index is 12.8. The lowest BCUT2D eigenvalue weighted by Gasteiger charge is -2.17. The van der Waals surface area contributed by atoms with Gasteiger partial charge in [-0.15, -0.1) is 10.2 Å². The number of aliphatic hydroxyl groups excluding tert-OH is 1. The SMILES string of the molecule is CC[C@@H](C(=O)Nc1cnn(C[C@H](O)CN(C)OC)c1)n1nnc(-c2ccc(Cl)cc2)n1. The van der Waals surface area contributed by atoms with Crippen molar-refractivity contribution in [3.63, 3.8) is 0 Å². The first kappa shape index (κ1) is 22.8. The molecule has 0 bridgehead atoms. The molecular weight excluding hydrogens is 424 g/mol. The maximum Gasteiger partial charge on any atom is 0.251 e. The number of amides is 1. The average molecular weight is 449 g/mol. The molecule has 0 saturated carbocycles. The zero-order valence-corrected chi connectivity index (χ0v) is 18.3. The lowest BCUT2D eigenvalue weighted by molar-refractivity contribution is -0.129. The van der Waals surface area contributed by atoms with Gasteiger partial charge in [0.25, 0.3) is 5.91 Å². The second-order valence-electron chi connectivity index (χ2n) is 6.95. The van der Waals surface area contributed by atoms with Gasteiger partial charge in [-0.3, -0.25) is 9.48 Å². The van der Waals surface area contributed by atoms with Crippen LogP contribution in [0.25, 0.3) is 11.4 Å². The molecule has 3 rings (SSSR count). The number of halogens is 1. The van der Waals surface area contributed by atoms with Gasteiger partial charge >= 0.3 is 0 Å². The molecule has 1 amide bonds. The molecule has 166 valence electrons. The Bertz CT molecular complexity index is 990. The molecule has 0 aliphatic carbocycles. The van der Waals surface area contributed by atoms with Gasteiger partial charge in [0, 0.05) is 23.8 Å². The van der Waals surface area contributed by atoms with Crippen molar-refractivity contribution < 1.29 is 14.7 Å². The minimum atomic E-state index is -0.678. The van der Waals surface area contributed by atoms with E-state index in [9.17, 15) is 9.90 Å². The van der Waals surface area contributed by atoms with Gasteiger partial charge in [0.15, 0.2) is 6.04 Å². The van der Waals surface area contributed by atoms with Crippen LogP contribution in [0.4, 0.5) is 5.69 Å². The standard InChI is InChI=1S/C19H25ClN8O3/c1-4-17(28-24-18(23-25-28)13-5-7-14(20)8-6-13)19(30)22-15-9-21-27(10-15)12-16(29)11-26(2)31-3/h5-10,16-17,29H,4,11-12H2,1-3H3,(H,22,30)/t16-,17+/m1/s1. The highest BCUT2D eigenvalue weighted by Gasteiger charge is 2.23. The van der Waals surface area contributed by atoms with Gasteiger partial charge < -0.3 is 15.3 Å². The van der Waals surface area contributed by atoms with Crippen LogP contribution in [0.3, 0.4) is 0 Å². The van der Waals surface area contributed by atoms with E-state index in [1.165, 1.54) is 23.2 Å². The number of carbonyl (C=O) groups excluding carboxylic acids is 1. The van der Waals surface area contributed by atoms with E-state index in [1.807, 2.05) is 6.92 Å². The van der Waals surface area contributed by atoms with E-state index >= 15 is 0 Å². The number of nitrogens with one attached hydrogen (secondary N) is 1. The number of tetrazole rings is 1. The number of anilines is 1. The van der Waals surface area contributed by atoms with Crippen LogP contribution >= 0.6 is 11.6 Å². The molecule has 31 heavy (non-hydrogen) atoms. The van der Waals surface area contributed by atoms with Gasteiger partial charge in [-0.05, 0) is 35.9 Å². The Morgan fingerprint density at radius 1 is 1.35 bits per heavy atom. The quantitative estimate of drug-likeness (QED) is 0.448. The Labute approximate surface area is 184 Å². The van der Waals surface area contributed by atoms with Crippen LogP contribution in [0.2, 0.25) is 5.02 Å². The molecule has 0 unspecified atom stereocenters. The van der Waals surface area contributed by atoms with Gasteiger partial charge in [-0.2, -0.15) is 15.0 Å². The number of likely N-dealkylation sites (N-methyl/N-ethyl adjacent to an activating group) is 1. The maximum atomic E-state index is 12.8. The molecule has 0 fully saturated rings. The van der Waals surface area contributed by atoms with Crippen LogP contribution in [0.5, 0.6) is 0 Å². The summed E-state index contributed by atoms with van der Waals surface area (Å²) in [6.45, 7) is 2.45. The Kier molecular flexibility index (Phi) is 7.69. The highest BCUT2D eigenvalue weighted by atomic mass is 35.5. The second kappa shape index (κ2) is 10.4. The summed E-state index contributed by atoms with van der Waals surface area (Å²) in [5.74, 6) is 0.118. The Morgan fingerprint density at radius 3 is 2.77 bits per heavy atom. The fourth-order valence-electron chi connectivity index (χ4n) is 2.92. The van der Waals surface area contributed by atoms with Crippen LogP contribution < -0.4 is 5.32 Å². The zero-order chi connectivity index (χ0) is 22.4. The third-order valence-electron chi connectivity index (χ3n) is 4.58. The predicted octanol–water partition coefficient (Wildman–Crippen LogP) is 1.63. The molecule has 11 nitrogen and oxygen atoms in total. The third-order valence-corrected chi connectivity index (χ3v) is 4.83. The number of nitrogens with zero attached hydrogens (tertiary/aromatic N) is 7. The zero-order valence-electron chi connectivity index (χ0n) is 17.5. The Balaban J connectivity index is 1.63. The van der Waals surface area contributed by atoms with E-state index < -0.39 is 12.1 Å². The van der Waals surface area contributed by atoms with Crippen molar-refractivity contribution in [2.24, 2.45) is 0 Å².